The number of carboxylic acid groups (broad SMARTS) is 1. The number of rotatable bonds is 3. The molecule has 0 saturated heterocycles. The highest BCUT2D eigenvalue weighted by atomic mass is 35.5. The molecular formula is C11H7ClFNO3. The van der Waals surface area contributed by atoms with Gasteiger partial charge in [0, 0.05) is 22.2 Å². The predicted octanol–water partition coefficient (Wildman–Crippen LogP) is 3.16. The SMILES string of the molecule is O=C(O)c1cc(-c2cccc(Cl)c2CF)no1. The lowest BCUT2D eigenvalue weighted by Crippen LogP contribution is -1.92. The molecule has 2 aromatic rings. The van der Waals surface area contributed by atoms with E-state index in [0.29, 0.717) is 5.56 Å². The average molecular weight is 256 g/mol. The average Bonchev–Trinajstić information content (AvgIpc) is 2.77. The van der Waals surface area contributed by atoms with Gasteiger partial charge < -0.3 is 9.63 Å². The zero-order valence-corrected chi connectivity index (χ0v) is 9.24. The summed E-state index contributed by atoms with van der Waals surface area (Å²) in [5, 5.41) is 12.5. The van der Waals surface area contributed by atoms with Crippen LogP contribution < -0.4 is 0 Å². The molecule has 1 heterocycles. The molecule has 1 aromatic carbocycles. The van der Waals surface area contributed by atoms with Gasteiger partial charge in [-0.25, -0.2) is 9.18 Å². The second-order valence-corrected chi connectivity index (χ2v) is 3.69. The van der Waals surface area contributed by atoms with Gasteiger partial charge in [-0.1, -0.05) is 28.9 Å². The molecule has 1 aromatic heterocycles. The van der Waals surface area contributed by atoms with Crippen molar-refractivity contribution < 1.29 is 18.8 Å². The van der Waals surface area contributed by atoms with Crippen LogP contribution in [0, 0.1) is 0 Å². The Hall–Kier alpha value is -1.88. The van der Waals surface area contributed by atoms with E-state index in [1.54, 1.807) is 18.2 Å². The first-order valence-corrected chi connectivity index (χ1v) is 5.05. The second kappa shape index (κ2) is 4.55. The van der Waals surface area contributed by atoms with Gasteiger partial charge in [0.1, 0.15) is 12.4 Å². The molecule has 0 spiro atoms. The Morgan fingerprint density at radius 1 is 1.53 bits per heavy atom. The van der Waals surface area contributed by atoms with E-state index in [0.717, 1.165) is 0 Å². The van der Waals surface area contributed by atoms with Crippen molar-refractivity contribution in [2.24, 2.45) is 0 Å². The summed E-state index contributed by atoms with van der Waals surface area (Å²) in [6.07, 6.45) is 0. The molecule has 0 fully saturated rings. The van der Waals surface area contributed by atoms with Crippen molar-refractivity contribution in [3.05, 3.63) is 40.6 Å². The maximum atomic E-state index is 12.8. The number of aromatic nitrogens is 1. The number of hydrogen-bond acceptors (Lipinski definition) is 3. The first-order chi connectivity index (χ1) is 8.13. The van der Waals surface area contributed by atoms with E-state index in [4.69, 9.17) is 16.7 Å². The van der Waals surface area contributed by atoms with E-state index in [9.17, 15) is 9.18 Å². The fourth-order valence-corrected chi connectivity index (χ4v) is 1.66. The number of carboxylic acids is 1. The molecule has 0 saturated carbocycles. The highest BCUT2D eigenvalue weighted by Gasteiger charge is 2.16. The van der Waals surface area contributed by atoms with Crippen molar-refractivity contribution in [1.82, 2.24) is 5.16 Å². The summed E-state index contributed by atoms with van der Waals surface area (Å²) >= 11 is 5.83. The van der Waals surface area contributed by atoms with Gasteiger partial charge >= 0.3 is 5.97 Å². The standard InChI is InChI=1S/C11H7ClFNO3/c12-8-3-1-2-6(7(8)5-13)9-4-10(11(15)16)17-14-9/h1-4H,5H2,(H,15,16). The molecule has 0 radical (unpaired) electrons. The third-order valence-electron chi connectivity index (χ3n) is 2.25. The van der Waals surface area contributed by atoms with Crippen LogP contribution in [0.25, 0.3) is 11.3 Å². The second-order valence-electron chi connectivity index (χ2n) is 3.28. The molecule has 1 N–H and O–H groups in total. The van der Waals surface area contributed by atoms with Crippen LogP contribution in [0.1, 0.15) is 16.1 Å². The molecule has 88 valence electrons. The molecule has 17 heavy (non-hydrogen) atoms. The van der Waals surface area contributed by atoms with Gasteiger partial charge in [0.15, 0.2) is 0 Å². The van der Waals surface area contributed by atoms with E-state index in [-0.39, 0.29) is 22.0 Å². The summed E-state index contributed by atoms with van der Waals surface area (Å²) in [6.45, 7) is -0.760. The van der Waals surface area contributed by atoms with E-state index >= 15 is 0 Å². The lowest BCUT2D eigenvalue weighted by molar-refractivity contribution is 0.0652. The molecule has 4 nitrogen and oxygen atoms in total. The topological polar surface area (TPSA) is 63.3 Å². The molecule has 0 aliphatic rings. The molecule has 2 rings (SSSR count). The van der Waals surface area contributed by atoms with Crippen LogP contribution in [0.3, 0.4) is 0 Å². The zero-order chi connectivity index (χ0) is 12.4. The minimum absolute atomic E-state index is 0.248. The summed E-state index contributed by atoms with van der Waals surface area (Å²) in [5.41, 5.74) is 0.938. The minimum atomic E-state index is -1.23. The van der Waals surface area contributed by atoms with Gasteiger partial charge in [-0.15, -0.1) is 0 Å². The number of alkyl halides is 1. The molecule has 0 bridgehead atoms. The Morgan fingerprint density at radius 3 is 2.88 bits per heavy atom. The van der Waals surface area contributed by atoms with E-state index in [1.165, 1.54) is 6.07 Å². The molecule has 0 aliphatic heterocycles. The Balaban J connectivity index is 2.52. The maximum absolute atomic E-state index is 12.8. The third kappa shape index (κ3) is 2.14. The van der Waals surface area contributed by atoms with Crippen molar-refractivity contribution >= 4 is 17.6 Å². The molecule has 0 amide bonds. The van der Waals surface area contributed by atoms with Crippen LogP contribution in [-0.4, -0.2) is 16.2 Å². The van der Waals surface area contributed by atoms with E-state index < -0.39 is 12.6 Å². The van der Waals surface area contributed by atoms with Crippen LogP contribution >= 0.6 is 11.6 Å². The highest BCUT2D eigenvalue weighted by molar-refractivity contribution is 6.31. The van der Waals surface area contributed by atoms with Crippen LogP contribution in [0.15, 0.2) is 28.8 Å². The van der Waals surface area contributed by atoms with Gasteiger partial charge in [-0.05, 0) is 6.07 Å². The summed E-state index contributed by atoms with van der Waals surface area (Å²) < 4.78 is 17.4. The maximum Gasteiger partial charge on any atom is 0.374 e. The molecule has 0 aliphatic carbocycles. The van der Waals surface area contributed by atoms with E-state index in [1.807, 2.05) is 0 Å². The number of aromatic carboxylic acids is 1. The number of carbonyl (C=O) groups is 1. The lowest BCUT2D eigenvalue weighted by atomic mass is 10.1. The Kier molecular flexibility index (Phi) is 3.10. The quantitative estimate of drug-likeness (QED) is 0.915. The lowest BCUT2D eigenvalue weighted by Gasteiger charge is -2.04. The largest absolute Gasteiger partial charge is 0.475 e. The summed E-state index contributed by atoms with van der Waals surface area (Å²) in [5.74, 6) is -1.53. The molecule has 0 unspecified atom stereocenters. The van der Waals surface area contributed by atoms with Gasteiger partial charge in [0.2, 0.25) is 5.76 Å². The van der Waals surface area contributed by atoms with Crippen LogP contribution in [0.2, 0.25) is 5.02 Å². The fraction of sp³-hybridized carbons (Fsp3) is 0.0909. The fourth-order valence-electron chi connectivity index (χ4n) is 1.44. The predicted molar refractivity (Wildman–Crippen MR) is 58.7 cm³/mol. The number of hydrogen-bond donors (Lipinski definition) is 1. The summed E-state index contributed by atoms with van der Waals surface area (Å²) in [7, 11) is 0. The smallest absolute Gasteiger partial charge is 0.374 e. The van der Waals surface area contributed by atoms with Gasteiger partial charge in [0.05, 0.1) is 0 Å². The monoisotopic (exact) mass is 255 g/mol. The van der Waals surface area contributed by atoms with Crippen LogP contribution in [0.4, 0.5) is 4.39 Å². The molecule has 6 heteroatoms. The van der Waals surface area contributed by atoms with Crippen molar-refractivity contribution in [1.29, 1.82) is 0 Å². The third-order valence-corrected chi connectivity index (χ3v) is 2.60. The zero-order valence-electron chi connectivity index (χ0n) is 8.48. The Labute approximate surface area is 101 Å². The minimum Gasteiger partial charge on any atom is -0.475 e. The van der Waals surface area contributed by atoms with Gasteiger partial charge in [0.25, 0.3) is 0 Å². The Morgan fingerprint density at radius 2 is 2.29 bits per heavy atom. The summed E-state index contributed by atoms with van der Waals surface area (Å²) in [6, 6.07) is 6.02. The van der Waals surface area contributed by atoms with Crippen molar-refractivity contribution in [3.8, 4) is 11.3 Å². The van der Waals surface area contributed by atoms with Gasteiger partial charge in [-0.2, -0.15) is 0 Å². The first kappa shape index (κ1) is 11.6. The Bertz CT molecular complexity index is 568. The van der Waals surface area contributed by atoms with Crippen molar-refractivity contribution in [2.45, 2.75) is 6.67 Å². The number of halogens is 2. The van der Waals surface area contributed by atoms with E-state index in [2.05, 4.69) is 9.68 Å². The van der Waals surface area contributed by atoms with Gasteiger partial charge in [-0.3, -0.25) is 0 Å². The normalized spacial score (nSPS) is 10.5. The number of nitrogens with zero attached hydrogens (tertiary/aromatic N) is 1. The van der Waals surface area contributed by atoms with Crippen molar-refractivity contribution in [3.63, 3.8) is 0 Å². The highest BCUT2D eigenvalue weighted by Crippen LogP contribution is 2.29. The molecule has 0 atom stereocenters. The van der Waals surface area contributed by atoms with Crippen LogP contribution in [0.5, 0.6) is 0 Å². The van der Waals surface area contributed by atoms with Crippen molar-refractivity contribution in [2.75, 3.05) is 0 Å². The van der Waals surface area contributed by atoms with Crippen LogP contribution in [-0.2, 0) is 6.67 Å². The number of benzene rings is 1. The summed E-state index contributed by atoms with van der Waals surface area (Å²) in [4.78, 5) is 10.6. The molecular weight excluding hydrogens is 249 g/mol. The first-order valence-electron chi connectivity index (χ1n) is 4.67.